The molecule has 0 aliphatic carbocycles. The summed E-state index contributed by atoms with van der Waals surface area (Å²) in [5.74, 6) is 0.381. The Morgan fingerprint density at radius 3 is 2.60 bits per heavy atom. The SMILES string of the molecule is C=CC(=O)NCCOCCOCC(C)C. The Labute approximate surface area is 91.6 Å². The van der Waals surface area contributed by atoms with Crippen molar-refractivity contribution in [2.75, 3.05) is 33.0 Å². The Bertz CT molecular complexity index is 181. The Morgan fingerprint density at radius 1 is 1.33 bits per heavy atom. The average molecular weight is 215 g/mol. The lowest BCUT2D eigenvalue weighted by molar-refractivity contribution is -0.116. The van der Waals surface area contributed by atoms with Gasteiger partial charge in [0.15, 0.2) is 0 Å². The monoisotopic (exact) mass is 215 g/mol. The third-order valence-corrected chi connectivity index (χ3v) is 1.55. The molecule has 0 atom stereocenters. The van der Waals surface area contributed by atoms with E-state index < -0.39 is 0 Å². The molecule has 0 saturated heterocycles. The van der Waals surface area contributed by atoms with Crippen LogP contribution in [0.4, 0.5) is 0 Å². The zero-order chi connectivity index (χ0) is 11.5. The van der Waals surface area contributed by atoms with Gasteiger partial charge in [-0.3, -0.25) is 4.79 Å². The average Bonchev–Trinajstić information content (AvgIpc) is 2.21. The standard InChI is InChI=1S/C11H21NO3/c1-4-11(13)12-5-6-14-7-8-15-9-10(2)3/h4,10H,1,5-9H2,2-3H3,(H,12,13). The topological polar surface area (TPSA) is 47.6 Å². The Balaban J connectivity index is 3.05. The number of hydrogen-bond donors (Lipinski definition) is 1. The predicted molar refractivity (Wildman–Crippen MR) is 59.7 cm³/mol. The van der Waals surface area contributed by atoms with Crippen molar-refractivity contribution in [3.63, 3.8) is 0 Å². The molecule has 0 aromatic rings. The van der Waals surface area contributed by atoms with Gasteiger partial charge < -0.3 is 14.8 Å². The third kappa shape index (κ3) is 11.1. The largest absolute Gasteiger partial charge is 0.379 e. The van der Waals surface area contributed by atoms with Crippen molar-refractivity contribution in [3.05, 3.63) is 12.7 Å². The fraction of sp³-hybridized carbons (Fsp3) is 0.727. The van der Waals surface area contributed by atoms with Gasteiger partial charge in [0, 0.05) is 13.2 Å². The summed E-state index contributed by atoms with van der Waals surface area (Å²) >= 11 is 0. The van der Waals surface area contributed by atoms with Crippen molar-refractivity contribution in [2.45, 2.75) is 13.8 Å². The second-order valence-electron chi connectivity index (χ2n) is 3.58. The van der Waals surface area contributed by atoms with E-state index >= 15 is 0 Å². The second kappa shape index (κ2) is 9.68. The van der Waals surface area contributed by atoms with Gasteiger partial charge in [0.1, 0.15) is 0 Å². The van der Waals surface area contributed by atoms with Crippen LogP contribution in [0.5, 0.6) is 0 Å². The minimum atomic E-state index is -0.172. The minimum Gasteiger partial charge on any atom is -0.379 e. The molecule has 0 unspecified atom stereocenters. The molecular formula is C11H21NO3. The molecule has 0 spiro atoms. The number of carbonyl (C=O) groups excluding carboxylic acids is 1. The van der Waals surface area contributed by atoms with Crippen LogP contribution in [-0.2, 0) is 14.3 Å². The number of hydrogen-bond acceptors (Lipinski definition) is 3. The van der Waals surface area contributed by atoms with Gasteiger partial charge in [-0.15, -0.1) is 0 Å². The molecule has 0 fully saturated rings. The first-order chi connectivity index (χ1) is 7.16. The first kappa shape index (κ1) is 14.1. The van der Waals surface area contributed by atoms with E-state index in [-0.39, 0.29) is 5.91 Å². The van der Waals surface area contributed by atoms with Crippen LogP contribution in [-0.4, -0.2) is 38.9 Å². The summed E-state index contributed by atoms with van der Waals surface area (Å²) in [6.45, 7) is 10.5. The van der Waals surface area contributed by atoms with Crippen molar-refractivity contribution < 1.29 is 14.3 Å². The Kier molecular flexibility index (Phi) is 9.11. The van der Waals surface area contributed by atoms with Crippen molar-refractivity contribution in [1.82, 2.24) is 5.32 Å². The lowest BCUT2D eigenvalue weighted by atomic mass is 10.2. The van der Waals surface area contributed by atoms with E-state index in [1.54, 1.807) is 0 Å². The summed E-state index contributed by atoms with van der Waals surface area (Å²) in [7, 11) is 0. The number of carbonyl (C=O) groups is 1. The van der Waals surface area contributed by atoms with Crippen molar-refractivity contribution in [1.29, 1.82) is 0 Å². The number of ether oxygens (including phenoxy) is 2. The van der Waals surface area contributed by atoms with Crippen LogP contribution < -0.4 is 5.32 Å². The molecule has 1 amide bonds. The van der Waals surface area contributed by atoms with Gasteiger partial charge >= 0.3 is 0 Å². The maximum Gasteiger partial charge on any atom is 0.243 e. The van der Waals surface area contributed by atoms with E-state index in [0.29, 0.717) is 32.3 Å². The van der Waals surface area contributed by atoms with Crippen LogP contribution in [0.3, 0.4) is 0 Å². The Morgan fingerprint density at radius 2 is 2.00 bits per heavy atom. The fourth-order valence-corrected chi connectivity index (χ4v) is 0.858. The molecule has 4 heteroatoms. The molecule has 0 aromatic heterocycles. The summed E-state index contributed by atoms with van der Waals surface area (Å²) in [5, 5.41) is 2.62. The normalized spacial score (nSPS) is 10.3. The first-order valence-electron chi connectivity index (χ1n) is 5.22. The quantitative estimate of drug-likeness (QED) is 0.460. The van der Waals surface area contributed by atoms with E-state index in [4.69, 9.17) is 9.47 Å². The molecule has 0 aliphatic heterocycles. The summed E-state index contributed by atoms with van der Waals surface area (Å²) in [6, 6.07) is 0. The van der Waals surface area contributed by atoms with Crippen molar-refractivity contribution in [3.8, 4) is 0 Å². The number of nitrogens with one attached hydrogen (secondary N) is 1. The van der Waals surface area contributed by atoms with Crippen LogP contribution in [0, 0.1) is 5.92 Å². The lowest BCUT2D eigenvalue weighted by Crippen LogP contribution is -2.25. The highest BCUT2D eigenvalue weighted by atomic mass is 16.5. The van der Waals surface area contributed by atoms with Gasteiger partial charge in [-0.1, -0.05) is 20.4 Å². The van der Waals surface area contributed by atoms with Crippen LogP contribution in [0.1, 0.15) is 13.8 Å². The van der Waals surface area contributed by atoms with E-state index in [1.807, 2.05) is 0 Å². The smallest absolute Gasteiger partial charge is 0.243 e. The third-order valence-electron chi connectivity index (χ3n) is 1.55. The molecule has 0 aliphatic rings. The summed E-state index contributed by atoms with van der Waals surface area (Å²) < 4.78 is 10.6. The van der Waals surface area contributed by atoms with Crippen molar-refractivity contribution in [2.24, 2.45) is 5.92 Å². The predicted octanol–water partition coefficient (Wildman–Crippen LogP) is 0.978. The summed E-state index contributed by atoms with van der Waals surface area (Å²) in [6.07, 6.45) is 1.24. The highest BCUT2D eigenvalue weighted by molar-refractivity contribution is 5.86. The highest BCUT2D eigenvalue weighted by Gasteiger charge is 1.95. The molecule has 0 saturated carbocycles. The molecule has 4 nitrogen and oxygen atoms in total. The van der Waals surface area contributed by atoms with Gasteiger partial charge in [0.25, 0.3) is 0 Å². The van der Waals surface area contributed by atoms with Crippen LogP contribution in [0.2, 0.25) is 0 Å². The van der Waals surface area contributed by atoms with Gasteiger partial charge in [-0.2, -0.15) is 0 Å². The molecule has 15 heavy (non-hydrogen) atoms. The van der Waals surface area contributed by atoms with E-state index in [1.165, 1.54) is 6.08 Å². The fourth-order valence-electron chi connectivity index (χ4n) is 0.858. The van der Waals surface area contributed by atoms with Gasteiger partial charge in [-0.25, -0.2) is 0 Å². The van der Waals surface area contributed by atoms with Gasteiger partial charge in [0.2, 0.25) is 5.91 Å². The van der Waals surface area contributed by atoms with E-state index in [9.17, 15) is 4.79 Å². The molecule has 1 N–H and O–H groups in total. The highest BCUT2D eigenvalue weighted by Crippen LogP contribution is 1.91. The maximum absolute atomic E-state index is 10.7. The van der Waals surface area contributed by atoms with Gasteiger partial charge in [0.05, 0.1) is 19.8 Å². The first-order valence-corrected chi connectivity index (χ1v) is 5.22. The number of amides is 1. The maximum atomic E-state index is 10.7. The summed E-state index contributed by atoms with van der Waals surface area (Å²) in [5.41, 5.74) is 0. The molecule has 88 valence electrons. The molecule has 0 rings (SSSR count). The van der Waals surface area contributed by atoms with Crippen molar-refractivity contribution >= 4 is 5.91 Å². The molecule has 0 radical (unpaired) electrons. The lowest BCUT2D eigenvalue weighted by Gasteiger charge is -2.07. The van der Waals surface area contributed by atoms with Crippen LogP contribution in [0.25, 0.3) is 0 Å². The second-order valence-corrected chi connectivity index (χ2v) is 3.58. The van der Waals surface area contributed by atoms with Gasteiger partial charge in [-0.05, 0) is 12.0 Å². The summed E-state index contributed by atoms with van der Waals surface area (Å²) in [4.78, 5) is 10.7. The zero-order valence-corrected chi connectivity index (χ0v) is 9.62. The molecule has 0 heterocycles. The zero-order valence-electron chi connectivity index (χ0n) is 9.62. The molecular weight excluding hydrogens is 194 g/mol. The van der Waals surface area contributed by atoms with Crippen LogP contribution >= 0.6 is 0 Å². The minimum absolute atomic E-state index is 0.172. The molecule has 0 aromatic carbocycles. The van der Waals surface area contributed by atoms with E-state index in [2.05, 4.69) is 25.7 Å². The Hall–Kier alpha value is -0.870. The molecule has 0 bridgehead atoms. The number of rotatable bonds is 9. The van der Waals surface area contributed by atoms with Crippen LogP contribution in [0.15, 0.2) is 12.7 Å². The van der Waals surface area contributed by atoms with E-state index in [0.717, 1.165) is 6.61 Å².